The fraction of sp³-hybridized carbons (Fsp3) is 0.500. The highest BCUT2D eigenvalue weighted by Crippen LogP contribution is 2.30. The minimum atomic E-state index is 0.166. The Morgan fingerprint density at radius 1 is 1.18 bits per heavy atom. The van der Waals surface area contributed by atoms with Gasteiger partial charge < -0.3 is 10.6 Å². The van der Waals surface area contributed by atoms with Gasteiger partial charge in [0.15, 0.2) is 0 Å². The van der Waals surface area contributed by atoms with Gasteiger partial charge in [-0.05, 0) is 30.4 Å². The minimum Gasteiger partial charge on any atom is -0.334 e. The van der Waals surface area contributed by atoms with Crippen LogP contribution in [-0.2, 0) is 17.9 Å². The summed E-state index contributed by atoms with van der Waals surface area (Å²) in [4.78, 5) is 14.3. The van der Waals surface area contributed by atoms with Gasteiger partial charge in [0.2, 0.25) is 5.91 Å². The second kappa shape index (κ2) is 4.15. The van der Waals surface area contributed by atoms with Crippen LogP contribution in [0.3, 0.4) is 0 Å². The Kier molecular flexibility index (Phi) is 2.63. The van der Waals surface area contributed by atoms with E-state index < -0.39 is 0 Å². The molecule has 1 aromatic rings. The van der Waals surface area contributed by atoms with Gasteiger partial charge in [0.1, 0.15) is 0 Å². The zero-order valence-electron chi connectivity index (χ0n) is 9.93. The minimum absolute atomic E-state index is 0.166. The van der Waals surface area contributed by atoms with E-state index in [0.717, 1.165) is 32.4 Å². The van der Waals surface area contributed by atoms with Crippen molar-refractivity contribution in [1.82, 2.24) is 4.90 Å². The predicted molar refractivity (Wildman–Crippen MR) is 66.0 cm³/mol. The second-order valence-electron chi connectivity index (χ2n) is 5.23. The zero-order chi connectivity index (χ0) is 11.8. The normalized spacial score (nSPS) is 27.2. The van der Waals surface area contributed by atoms with Crippen molar-refractivity contribution in [2.24, 2.45) is 11.7 Å². The first-order valence-corrected chi connectivity index (χ1v) is 6.35. The molecule has 3 nitrogen and oxygen atoms in total. The van der Waals surface area contributed by atoms with Crippen molar-refractivity contribution in [2.45, 2.75) is 38.4 Å². The van der Waals surface area contributed by atoms with E-state index in [1.54, 1.807) is 0 Å². The topological polar surface area (TPSA) is 46.3 Å². The molecule has 2 aliphatic rings. The average molecular weight is 230 g/mol. The lowest BCUT2D eigenvalue weighted by Gasteiger charge is -2.19. The molecule has 1 aliphatic heterocycles. The summed E-state index contributed by atoms with van der Waals surface area (Å²) in [6.45, 7) is 1.56. The van der Waals surface area contributed by atoms with Gasteiger partial charge in [0.25, 0.3) is 0 Å². The maximum Gasteiger partial charge on any atom is 0.226 e. The van der Waals surface area contributed by atoms with Crippen LogP contribution in [0.1, 0.15) is 30.4 Å². The number of carbonyl (C=O) groups is 1. The molecule has 0 saturated heterocycles. The summed E-state index contributed by atoms with van der Waals surface area (Å²) in [5.74, 6) is 0.466. The Labute approximate surface area is 102 Å². The molecule has 3 rings (SSSR count). The van der Waals surface area contributed by atoms with Gasteiger partial charge in [-0.3, -0.25) is 4.79 Å². The van der Waals surface area contributed by atoms with Gasteiger partial charge in [-0.15, -0.1) is 0 Å². The molecule has 0 unspecified atom stereocenters. The Hall–Kier alpha value is -1.35. The molecule has 1 fully saturated rings. The Morgan fingerprint density at radius 2 is 1.82 bits per heavy atom. The summed E-state index contributed by atoms with van der Waals surface area (Å²) < 4.78 is 0. The molecular weight excluding hydrogens is 212 g/mol. The molecule has 1 aliphatic carbocycles. The fourth-order valence-electron chi connectivity index (χ4n) is 2.99. The largest absolute Gasteiger partial charge is 0.334 e. The highest BCUT2D eigenvalue weighted by molar-refractivity contribution is 5.80. The quantitative estimate of drug-likeness (QED) is 0.797. The highest BCUT2D eigenvalue weighted by atomic mass is 16.2. The molecule has 3 heteroatoms. The van der Waals surface area contributed by atoms with Crippen molar-refractivity contribution >= 4 is 5.91 Å². The van der Waals surface area contributed by atoms with Crippen molar-refractivity contribution < 1.29 is 4.79 Å². The summed E-state index contributed by atoms with van der Waals surface area (Å²) >= 11 is 0. The van der Waals surface area contributed by atoms with E-state index in [2.05, 4.69) is 12.1 Å². The molecule has 1 aromatic carbocycles. The van der Waals surface area contributed by atoms with Gasteiger partial charge in [-0.25, -0.2) is 0 Å². The molecule has 1 saturated carbocycles. The molecule has 0 radical (unpaired) electrons. The van der Waals surface area contributed by atoms with Crippen LogP contribution in [0.4, 0.5) is 0 Å². The lowest BCUT2D eigenvalue weighted by molar-refractivity contribution is -0.136. The fourth-order valence-corrected chi connectivity index (χ4v) is 2.99. The van der Waals surface area contributed by atoms with E-state index in [9.17, 15) is 4.79 Å². The van der Waals surface area contributed by atoms with Crippen LogP contribution in [-0.4, -0.2) is 16.8 Å². The average Bonchev–Trinajstić information content (AvgIpc) is 2.93. The standard InChI is InChI=1S/C14H18N2O/c15-13-6-5-10(7-13)14(17)16-8-11-3-1-2-4-12(11)9-16/h1-4,10,13H,5-9,15H2/t10-,13+/m1/s1. The first-order chi connectivity index (χ1) is 8.24. The molecule has 1 heterocycles. The monoisotopic (exact) mass is 230 g/mol. The van der Waals surface area contributed by atoms with Gasteiger partial charge >= 0.3 is 0 Å². The molecule has 1 amide bonds. The summed E-state index contributed by atoms with van der Waals surface area (Å²) in [5.41, 5.74) is 8.46. The Balaban J connectivity index is 1.70. The van der Waals surface area contributed by atoms with Gasteiger partial charge in [-0.1, -0.05) is 24.3 Å². The zero-order valence-corrected chi connectivity index (χ0v) is 9.93. The molecule has 90 valence electrons. The van der Waals surface area contributed by atoms with Crippen LogP contribution in [0, 0.1) is 5.92 Å². The van der Waals surface area contributed by atoms with Crippen molar-refractivity contribution in [3.8, 4) is 0 Å². The smallest absolute Gasteiger partial charge is 0.226 e. The third-order valence-electron chi connectivity index (χ3n) is 3.97. The molecule has 2 atom stereocenters. The number of rotatable bonds is 1. The van der Waals surface area contributed by atoms with Gasteiger partial charge in [0.05, 0.1) is 0 Å². The van der Waals surface area contributed by atoms with Gasteiger partial charge in [0, 0.05) is 25.0 Å². The first kappa shape index (κ1) is 10.8. The molecule has 0 aromatic heterocycles. The Bertz CT molecular complexity index is 419. The van der Waals surface area contributed by atoms with Crippen molar-refractivity contribution in [3.05, 3.63) is 35.4 Å². The number of amides is 1. The predicted octanol–water partition coefficient (Wildman–Crippen LogP) is 1.66. The maximum atomic E-state index is 12.3. The van der Waals surface area contributed by atoms with Crippen molar-refractivity contribution in [3.63, 3.8) is 0 Å². The van der Waals surface area contributed by atoms with E-state index in [-0.39, 0.29) is 12.0 Å². The third-order valence-corrected chi connectivity index (χ3v) is 3.97. The van der Waals surface area contributed by atoms with Crippen molar-refractivity contribution in [2.75, 3.05) is 0 Å². The van der Waals surface area contributed by atoms with Gasteiger partial charge in [-0.2, -0.15) is 0 Å². The summed E-state index contributed by atoms with van der Waals surface area (Å²) in [6.07, 6.45) is 2.83. The summed E-state index contributed by atoms with van der Waals surface area (Å²) in [5, 5.41) is 0. The second-order valence-corrected chi connectivity index (χ2v) is 5.23. The number of carbonyl (C=O) groups excluding carboxylic acids is 1. The molecule has 0 spiro atoms. The molecule has 2 N–H and O–H groups in total. The van der Waals surface area contributed by atoms with Crippen LogP contribution < -0.4 is 5.73 Å². The number of fused-ring (bicyclic) bond motifs is 1. The number of hydrogen-bond donors (Lipinski definition) is 1. The molecule has 0 bridgehead atoms. The van der Waals surface area contributed by atoms with E-state index >= 15 is 0 Å². The van der Waals surface area contributed by atoms with Crippen molar-refractivity contribution in [1.29, 1.82) is 0 Å². The molecule has 17 heavy (non-hydrogen) atoms. The lowest BCUT2D eigenvalue weighted by Crippen LogP contribution is -2.31. The SMILES string of the molecule is N[C@H]1CC[C@@H](C(=O)N2Cc3ccccc3C2)C1. The molecular formula is C14H18N2O. The van der Waals surface area contributed by atoms with E-state index in [0.29, 0.717) is 5.91 Å². The summed E-state index contributed by atoms with van der Waals surface area (Å²) in [7, 11) is 0. The maximum absolute atomic E-state index is 12.3. The number of nitrogens with zero attached hydrogens (tertiary/aromatic N) is 1. The van der Waals surface area contributed by atoms with E-state index in [1.165, 1.54) is 11.1 Å². The Morgan fingerprint density at radius 3 is 2.35 bits per heavy atom. The van der Waals surface area contributed by atoms with E-state index in [4.69, 9.17) is 5.73 Å². The summed E-state index contributed by atoms with van der Waals surface area (Å²) in [6, 6.07) is 8.54. The van der Waals surface area contributed by atoms with Crippen LogP contribution in [0.2, 0.25) is 0 Å². The van der Waals surface area contributed by atoms with E-state index in [1.807, 2.05) is 17.0 Å². The highest BCUT2D eigenvalue weighted by Gasteiger charge is 2.33. The van der Waals surface area contributed by atoms with Crippen LogP contribution >= 0.6 is 0 Å². The van der Waals surface area contributed by atoms with Crippen LogP contribution in [0.15, 0.2) is 24.3 Å². The lowest BCUT2D eigenvalue weighted by atomic mass is 10.1. The van der Waals surface area contributed by atoms with Crippen LogP contribution in [0.25, 0.3) is 0 Å². The number of benzene rings is 1. The number of nitrogens with two attached hydrogens (primary N) is 1. The third kappa shape index (κ3) is 1.95. The van der Waals surface area contributed by atoms with Crippen LogP contribution in [0.5, 0.6) is 0 Å². The number of hydrogen-bond acceptors (Lipinski definition) is 2. The first-order valence-electron chi connectivity index (χ1n) is 6.35.